The van der Waals surface area contributed by atoms with Crippen LogP contribution in [-0.2, 0) is 13.1 Å². The van der Waals surface area contributed by atoms with E-state index in [1.54, 1.807) is 11.3 Å². The Morgan fingerprint density at radius 3 is 2.88 bits per heavy atom. The van der Waals surface area contributed by atoms with Crippen molar-refractivity contribution in [2.24, 2.45) is 4.99 Å². The van der Waals surface area contributed by atoms with Crippen molar-refractivity contribution in [1.82, 2.24) is 19.8 Å². The summed E-state index contributed by atoms with van der Waals surface area (Å²) >= 11 is 5.28. The largest absolute Gasteiger partial charge is 0.357 e. The third kappa shape index (κ3) is 5.94. The number of aromatic nitrogens is 2. The van der Waals surface area contributed by atoms with Gasteiger partial charge in [0.25, 0.3) is 0 Å². The van der Waals surface area contributed by atoms with E-state index in [2.05, 4.69) is 61.8 Å². The second kappa shape index (κ2) is 9.84. The first-order valence-corrected chi connectivity index (χ1v) is 9.92. The zero-order chi connectivity index (χ0) is 17.4. The summed E-state index contributed by atoms with van der Waals surface area (Å²) in [6.07, 6.45) is 6.08. The highest BCUT2D eigenvalue weighted by Gasteiger charge is 2.07. The fourth-order valence-electron chi connectivity index (χ4n) is 2.43. The van der Waals surface area contributed by atoms with Crippen LogP contribution >= 0.6 is 27.3 Å². The molecule has 0 aliphatic heterocycles. The first-order valence-electron chi connectivity index (χ1n) is 8.31. The summed E-state index contributed by atoms with van der Waals surface area (Å²) in [6.45, 7) is 7.75. The van der Waals surface area contributed by atoms with Crippen molar-refractivity contribution >= 4 is 33.2 Å². The van der Waals surface area contributed by atoms with Crippen LogP contribution in [0, 0.1) is 6.92 Å². The van der Waals surface area contributed by atoms with Gasteiger partial charge in [0.2, 0.25) is 0 Å². The first-order chi connectivity index (χ1) is 11.6. The zero-order valence-electron chi connectivity index (χ0n) is 14.6. The Morgan fingerprint density at radius 1 is 1.42 bits per heavy atom. The molecular formula is C17H26BrN5S. The summed E-state index contributed by atoms with van der Waals surface area (Å²) in [5.41, 5.74) is 0. The number of nitrogens with one attached hydrogen (secondary N) is 1. The van der Waals surface area contributed by atoms with Crippen molar-refractivity contribution < 1.29 is 0 Å². The molecule has 0 spiro atoms. The maximum absolute atomic E-state index is 4.76. The van der Waals surface area contributed by atoms with Crippen LogP contribution in [0.15, 0.2) is 33.3 Å². The first kappa shape index (κ1) is 19.0. The molecule has 0 aliphatic carbocycles. The molecule has 132 valence electrons. The lowest BCUT2D eigenvalue weighted by atomic mass is 10.3. The molecule has 0 aliphatic rings. The van der Waals surface area contributed by atoms with Crippen molar-refractivity contribution in [2.75, 3.05) is 20.1 Å². The van der Waals surface area contributed by atoms with Crippen molar-refractivity contribution in [2.45, 2.75) is 39.8 Å². The quantitative estimate of drug-likeness (QED) is 0.407. The molecule has 2 heterocycles. The van der Waals surface area contributed by atoms with E-state index in [4.69, 9.17) is 4.99 Å². The van der Waals surface area contributed by atoms with Gasteiger partial charge in [0, 0.05) is 44.0 Å². The predicted octanol–water partition coefficient (Wildman–Crippen LogP) is 3.89. The predicted molar refractivity (Wildman–Crippen MR) is 106 cm³/mol. The van der Waals surface area contributed by atoms with Gasteiger partial charge in [0.1, 0.15) is 5.82 Å². The fraction of sp³-hybridized carbons (Fsp3) is 0.529. The average Bonchev–Trinajstić information content (AvgIpc) is 3.14. The number of thiophene rings is 1. The zero-order valence-corrected chi connectivity index (χ0v) is 17.0. The van der Waals surface area contributed by atoms with Gasteiger partial charge < -0.3 is 14.8 Å². The van der Waals surface area contributed by atoms with Gasteiger partial charge in [-0.05, 0) is 54.8 Å². The molecule has 0 bridgehead atoms. The molecule has 1 N–H and O–H groups in total. The smallest absolute Gasteiger partial charge is 0.193 e. The van der Waals surface area contributed by atoms with E-state index in [1.807, 2.05) is 19.3 Å². The van der Waals surface area contributed by atoms with Crippen LogP contribution in [0.2, 0.25) is 0 Å². The topological polar surface area (TPSA) is 45.5 Å². The Kier molecular flexibility index (Phi) is 7.78. The summed E-state index contributed by atoms with van der Waals surface area (Å²) < 4.78 is 3.36. The van der Waals surface area contributed by atoms with Gasteiger partial charge in [0.15, 0.2) is 5.96 Å². The number of hydrogen-bond acceptors (Lipinski definition) is 3. The lowest BCUT2D eigenvalue weighted by Gasteiger charge is -2.21. The molecule has 24 heavy (non-hydrogen) atoms. The number of hydrogen-bond donors (Lipinski definition) is 1. The summed E-state index contributed by atoms with van der Waals surface area (Å²) in [6, 6.07) is 4.25. The van der Waals surface area contributed by atoms with Crippen LogP contribution in [0.3, 0.4) is 0 Å². The van der Waals surface area contributed by atoms with E-state index < -0.39 is 0 Å². The maximum Gasteiger partial charge on any atom is 0.193 e. The molecule has 0 radical (unpaired) electrons. The molecule has 0 amide bonds. The highest BCUT2D eigenvalue weighted by molar-refractivity contribution is 9.11. The monoisotopic (exact) mass is 411 g/mol. The van der Waals surface area contributed by atoms with Gasteiger partial charge in [-0.15, -0.1) is 11.3 Å². The lowest BCUT2D eigenvalue weighted by molar-refractivity contribution is 0.480. The maximum atomic E-state index is 4.76. The fourth-order valence-corrected chi connectivity index (χ4v) is 3.97. The number of halogens is 1. The Hall–Kier alpha value is -1.34. The Labute approximate surface area is 156 Å². The number of unbranched alkanes of at least 4 members (excludes halogenated alkanes) is 1. The standard InChI is InChI=1S/C17H26BrN5S/c1-4-19-17(22(3)13-15-7-8-16(18)24-15)21-9-5-6-11-23-12-10-20-14(23)2/h7-8,10,12H,4-6,9,11,13H2,1-3H3,(H,19,21). The molecule has 0 atom stereocenters. The molecule has 0 saturated carbocycles. The van der Waals surface area contributed by atoms with Gasteiger partial charge in [0.05, 0.1) is 10.3 Å². The lowest BCUT2D eigenvalue weighted by Crippen LogP contribution is -2.38. The van der Waals surface area contributed by atoms with Crippen molar-refractivity contribution in [3.8, 4) is 0 Å². The SMILES string of the molecule is CCNC(=NCCCCn1ccnc1C)N(C)Cc1ccc(Br)s1. The number of guanidine groups is 1. The van der Waals surface area contributed by atoms with Crippen LogP contribution in [0.4, 0.5) is 0 Å². The summed E-state index contributed by atoms with van der Waals surface area (Å²) in [5, 5.41) is 3.38. The molecule has 0 unspecified atom stereocenters. The number of aliphatic imine (C=N–C) groups is 1. The van der Waals surface area contributed by atoms with Crippen LogP contribution in [0.25, 0.3) is 0 Å². The van der Waals surface area contributed by atoms with Crippen LogP contribution in [0.1, 0.15) is 30.5 Å². The van der Waals surface area contributed by atoms with Gasteiger partial charge >= 0.3 is 0 Å². The summed E-state index contributed by atoms with van der Waals surface area (Å²) in [5.74, 6) is 2.05. The summed E-state index contributed by atoms with van der Waals surface area (Å²) in [7, 11) is 2.09. The number of rotatable bonds is 8. The summed E-state index contributed by atoms with van der Waals surface area (Å²) in [4.78, 5) is 12.5. The molecule has 0 aromatic carbocycles. The molecule has 5 nitrogen and oxygen atoms in total. The Morgan fingerprint density at radius 2 is 2.25 bits per heavy atom. The highest BCUT2D eigenvalue weighted by atomic mass is 79.9. The minimum atomic E-state index is 0.842. The molecule has 2 aromatic heterocycles. The highest BCUT2D eigenvalue weighted by Crippen LogP contribution is 2.22. The third-order valence-electron chi connectivity index (χ3n) is 3.71. The number of aryl methyl sites for hydroxylation is 2. The van der Waals surface area contributed by atoms with Crippen molar-refractivity contribution in [3.05, 3.63) is 39.0 Å². The number of imidazole rings is 1. The van der Waals surface area contributed by atoms with Gasteiger partial charge in [-0.3, -0.25) is 4.99 Å². The van der Waals surface area contributed by atoms with E-state index >= 15 is 0 Å². The molecule has 0 fully saturated rings. The van der Waals surface area contributed by atoms with Gasteiger partial charge in [-0.25, -0.2) is 4.98 Å². The second-order valence-corrected chi connectivity index (χ2v) is 8.22. The third-order valence-corrected chi connectivity index (χ3v) is 5.32. The average molecular weight is 412 g/mol. The molecule has 7 heteroatoms. The van der Waals surface area contributed by atoms with Crippen LogP contribution in [-0.4, -0.2) is 40.5 Å². The molecule has 2 aromatic rings. The van der Waals surface area contributed by atoms with E-state index in [0.29, 0.717) is 0 Å². The Balaban J connectivity index is 1.79. The normalized spacial score (nSPS) is 11.8. The molecule has 2 rings (SSSR count). The second-order valence-electron chi connectivity index (χ2n) is 5.67. The number of nitrogens with zero attached hydrogens (tertiary/aromatic N) is 4. The molecule has 0 saturated heterocycles. The van der Waals surface area contributed by atoms with Crippen molar-refractivity contribution in [1.29, 1.82) is 0 Å². The van der Waals surface area contributed by atoms with E-state index in [-0.39, 0.29) is 0 Å². The van der Waals surface area contributed by atoms with Gasteiger partial charge in [-0.2, -0.15) is 0 Å². The van der Waals surface area contributed by atoms with E-state index in [9.17, 15) is 0 Å². The van der Waals surface area contributed by atoms with E-state index in [1.165, 1.54) is 8.66 Å². The van der Waals surface area contributed by atoms with Gasteiger partial charge in [-0.1, -0.05) is 0 Å². The minimum Gasteiger partial charge on any atom is -0.357 e. The Bertz CT molecular complexity index is 649. The van der Waals surface area contributed by atoms with Crippen LogP contribution in [0.5, 0.6) is 0 Å². The van der Waals surface area contributed by atoms with Crippen LogP contribution < -0.4 is 5.32 Å². The van der Waals surface area contributed by atoms with E-state index in [0.717, 1.165) is 50.8 Å². The van der Waals surface area contributed by atoms with Crippen molar-refractivity contribution in [3.63, 3.8) is 0 Å². The minimum absolute atomic E-state index is 0.842. The molecular weight excluding hydrogens is 386 g/mol.